The third-order valence-electron chi connectivity index (χ3n) is 3.62. The molecular weight excluding hydrogens is 369 g/mol. The maximum absolute atomic E-state index is 6.15. The van der Waals surface area contributed by atoms with E-state index >= 15 is 0 Å². The van der Waals surface area contributed by atoms with Crippen molar-refractivity contribution in [3.8, 4) is 0 Å². The number of hydrogen-bond donors (Lipinski definition) is 0. The van der Waals surface area contributed by atoms with Gasteiger partial charge in [-0.1, -0.05) is 0 Å². The van der Waals surface area contributed by atoms with Gasteiger partial charge < -0.3 is 17.7 Å². The molecule has 0 aromatic heterocycles. The molecule has 0 spiro atoms. The molecule has 0 aliphatic carbocycles. The molecule has 0 aromatic rings. The van der Waals surface area contributed by atoms with E-state index in [-0.39, 0.29) is 0 Å². The van der Waals surface area contributed by atoms with Gasteiger partial charge in [-0.25, -0.2) is 0 Å². The van der Waals surface area contributed by atoms with Gasteiger partial charge in [-0.3, -0.25) is 0 Å². The van der Waals surface area contributed by atoms with Crippen LogP contribution in [0.3, 0.4) is 0 Å². The summed E-state index contributed by atoms with van der Waals surface area (Å²) in [5.41, 5.74) is 0. The van der Waals surface area contributed by atoms with Gasteiger partial charge >= 0.3 is 0 Å². The maximum Gasteiger partial charge on any atom is 0.173 e. The van der Waals surface area contributed by atoms with Gasteiger partial charge in [-0.05, 0) is 77.3 Å². The Bertz CT molecular complexity index is 282. The summed E-state index contributed by atoms with van der Waals surface area (Å²) in [7, 11) is -4.68. The van der Waals surface area contributed by atoms with Gasteiger partial charge in [0, 0.05) is 13.2 Å². The fraction of sp³-hybridized carbons (Fsp3) is 1.00. The van der Waals surface area contributed by atoms with Crippen molar-refractivity contribution in [2.45, 2.75) is 77.3 Å². The average molecular weight is 411 g/mol. The monoisotopic (exact) mass is 410 g/mol. The summed E-state index contributed by atoms with van der Waals surface area (Å²) >= 11 is 0. The average Bonchev–Trinajstić information content (AvgIpc) is 2.37. The summed E-state index contributed by atoms with van der Waals surface area (Å²) in [5.74, 6) is 0. The van der Waals surface area contributed by atoms with Gasteiger partial charge in [0.25, 0.3) is 0 Å². The van der Waals surface area contributed by atoms with Gasteiger partial charge in [0.05, 0.1) is 13.2 Å². The van der Waals surface area contributed by atoms with Crippen LogP contribution < -0.4 is 0 Å². The third kappa shape index (κ3) is 16.2. The van der Waals surface area contributed by atoms with Crippen molar-refractivity contribution in [3.05, 3.63) is 0 Å². The molecule has 0 radical (unpaired) electrons. The zero-order valence-electron chi connectivity index (χ0n) is 17.4. The van der Waals surface area contributed by atoms with Crippen molar-refractivity contribution >= 4 is 34.7 Å². The Balaban J connectivity index is 3.46. The molecule has 0 heterocycles. The Morgan fingerprint density at radius 1 is 0.583 bits per heavy atom. The van der Waals surface area contributed by atoms with Crippen molar-refractivity contribution in [1.29, 1.82) is 0 Å². The molecule has 0 saturated carbocycles. The highest BCUT2D eigenvalue weighted by atomic mass is 28.4. The molecule has 0 saturated heterocycles. The van der Waals surface area contributed by atoms with Gasteiger partial charge in [-0.2, -0.15) is 0 Å². The predicted molar refractivity (Wildman–Crippen MR) is 115 cm³/mol. The van der Waals surface area contributed by atoms with E-state index in [2.05, 4.69) is 52.4 Å². The molecule has 0 unspecified atom stereocenters. The fourth-order valence-corrected chi connectivity index (χ4v) is 16.1. The van der Waals surface area contributed by atoms with E-state index in [1.54, 1.807) is 0 Å². The molecule has 0 atom stereocenters. The molecule has 0 fully saturated rings. The number of ether oxygens (including phenoxy) is 2. The first-order chi connectivity index (χ1) is 11.0. The first-order valence-corrected chi connectivity index (χ1v) is 21.3. The Morgan fingerprint density at radius 2 is 0.917 bits per heavy atom. The Kier molecular flexibility index (Phi) is 13.3. The fourth-order valence-electron chi connectivity index (χ4n) is 2.92. The van der Waals surface area contributed by atoms with E-state index in [0.717, 1.165) is 26.1 Å². The van der Waals surface area contributed by atoms with Gasteiger partial charge in [0.2, 0.25) is 0 Å². The van der Waals surface area contributed by atoms with Gasteiger partial charge in [-0.15, -0.1) is 0 Å². The minimum Gasteiger partial charge on any atom is -0.458 e. The standard InChI is InChI=1S/C16H42O4Si4/c1-21(2)19-23(5,6)15-9-11-17-13-14-18-12-10-16-24(7,8)20-22(3)4/h21-22H,9-16H2,1-8H3. The molecule has 0 N–H and O–H groups in total. The minimum absolute atomic E-state index is 0.706. The van der Waals surface area contributed by atoms with E-state index in [1.807, 2.05) is 0 Å². The summed E-state index contributed by atoms with van der Waals surface area (Å²) in [6.45, 7) is 21.4. The Morgan fingerprint density at radius 3 is 1.21 bits per heavy atom. The molecule has 0 bridgehead atoms. The van der Waals surface area contributed by atoms with E-state index < -0.39 is 34.7 Å². The highest BCUT2D eigenvalue weighted by Gasteiger charge is 2.23. The first-order valence-electron chi connectivity index (χ1n) is 9.55. The summed E-state index contributed by atoms with van der Waals surface area (Å²) in [6.07, 6.45) is 2.22. The Hall–Kier alpha value is 0.708. The highest BCUT2D eigenvalue weighted by molar-refractivity contribution is 6.78. The van der Waals surface area contributed by atoms with Crippen molar-refractivity contribution < 1.29 is 17.7 Å². The lowest BCUT2D eigenvalue weighted by Gasteiger charge is -2.25. The van der Waals surface area contributed by atoms with Crippen LogP contribution in [0.5, 0.6) is 0 Å². The molecule has 0 aromatic carbocycles. The maximum atomic E-state index is 6.15. The molecule has 4 nitrogen and oxygen atoms in total. The number of hydrogen-bond acceptors (Lipinski definition) is 4. The normalized spacial score (nSPS) is 13.2. The topological polar surface area (TPSA) is 36.9 Å². The summed E-state index contributed by atoms with van der Waals surface area (Å²) in [6, 6.07) is 2.38. The Labute approximate surface area is 156 Å². The summed E-state index contributed by atoms with van der Waals surface area (Å²) in [4.78, 5) is 0. The second-order valence-corrected chi connectivity index (χ2v) is 22.4. The first kappa shape index (κ1) is 24.7. The van der Waals surface area contributed by atoms with Gasteiger partial charge in [0.15, 0.2) is 34.7 Å². The zero-order chi connectivity index (χ0) is 18.6. The van der Waals surface area contributed by atoms with E-state index in [0.29, 0.717) is 13.2 Å². The lowest BCUT2D eigenvalue weighted by Crippen LogP contribution is -2.35. The predicted octanol–water partition coefficient (Wildman–Crippen LogP) is 4.21. The molecule has 0 rings (SSSR count). The van der Waals surface area contributed by atoms with Crippen LogP contribution in [0.4, 0.5) is 0 Å². The molecular formula is C16H42O4Si4. The zero-order valence-corrected chi connectivity index (χ0v) is 21.8. The van der Waals surface area contributed by atoms with Crippen LogP contribution in [0.25, 0.3) is 0 Å². The van der Waals surface area contributed by atoms with Crippen molar-refractivity contribution in [2.24, 2.45) is 0 Å². The van der Waals surface area contributed by atoms with Crippen LogP contribution >= 0.6 is 0 Å². The second kappa shape index (κ2) is 13.0. The van der Waals surface area contributed by atoms with Crippen molar-refractivity contribution in [2.75, 3.05) is 26.4 Å². The molecule has 24 heavy (non-hydrogen) atoms. The van der Waals surface area contributed by atoms with Crippen LogP contribution in [0.1, 0.15) is 12.8 Å². The summed E-state index contributed by atoms with van der Waals surface area (Å²) < 4.78 is 23.7. The molecule has 0 amide bonds. The van der Waals surface area contributed by atoms with E-state index in [9.17, 15) is 0 Å². The van der Waals surface area contributed by atoms with Crippen LogP contribution in [0.2, 0.25) is 64.5 Å². The third-order valence-corrected chi connectivity index (χ3v) is 15.6. The SMILES string of the molecule is C[SiH](C)O[Si](C)(C)CCCOCCOCCC[Si](C)(C)O[SiH](C)C. The largest absolute Gasteiger partial charge is 0.458 e. The van der Waals surface area contributed by atoms with E-state index in [4.69, 9.17) is 17.7 Å². The van der Waals surface area contributed by atoms with Crippen molar-refractivity contribution in [1.82, 2.24) is 0 Å². The molecule has 0 aliphatic heterocycles. The van der Waals surface area contributed by atoms with E-state index in [1.165, 1.54) is 12.1 Å². The smallest absolute Gasteiger partial charge is 0.173 e. The highest BCUT2D eigenvalue weighted by Crippen LogP contribution is 2.16. The van der Waals surface area contributed by atoms with Crippen LogP contribution in [-0.2, 0) is 17.7 Å². The second-order valence-electron chi connectivity index (χ2n) is 8.28. The molecule has 8 heteroatoms. The minimum atomic E-state index is -1.44. The van der Waals surface area contributed by atoms with Crippen LogP contribution in [0, 0.1) is 0 Å². The summed E-state index contributed by atoms with van der Waals surface area (Å²) in [5, 5.41) is 0. The number of rotatable bonds is 15. The lowest BCUT2D eigenvalue weighted by atomic mass is 10.5. The van der Waals surface area contributed by atoms with Crippen LogP contribution in [0.15, 0.2) is 0 Å². The van der Waals surface area contributed by atoms with Gasteiger partial charge in [0.1, 0.15) is 0 Å². The lowest BCUT2D eigenvalue weighted by molar-refractivity contribution is 0.0479. The quantitative estimate of drug-likeness (QED) is 0.299. The van der Waals surface area contributed by atoms with Crippen LogP contribution in [-0.4, -0.2) is 61.1 Å². The van der Waals surface area contributed by atoms with Crippen molar-refractivity contribution in [3.63, 3.8) is 0 Å². The molecule has 146 valence electrons. The molecule has 0 aliphatic rings.